The molecule has 2 aliphatic rings. The maximum absolute atomic E-state index is 13.5. The zero-order chi connectivity index (χ0) is 26.5. The molecule has 5 rings (SSSR count). The third-order valence-electron chi connectivity index (χ3n) is 7.38. The van der Waals surface area contributed by atoms with Crippen molar-refractivity contribution in [2.24, 2.45) is 5.92 Å². The van der Waals surface area contributed by atoms with Gasteiger partial charge < -0.3 is 15.0 Å². The summed E-state index contributed by atoms with van der Waals surface area (Å²) in [6, 6.07) is 3.74. The van der Waals surface area contributed by atoms with E-state index < -0.39 is 17.8 Å². The summed E-state index contributed by atoms with van der Waals surface area (Å²) in [6.07, 6.45) is -3.04. The third kappa shape index (κ3) is 4.65. The Labute approximate surface area is 213 Å². The number of anilines is 1. The number of rotatable bonds is 5. The van der Waals surface area contributed by atoms with Crippen molar-refractivity contribution in [3.8, 4) is 0 Å². The van der Waals surface area contributed by atoms with E-state index in [0.717, 1.165) is 23.1 Å². The van der Waals surface area contributed by atoms with Gasteiger partial charge in [0, 0.05) is 30.6 Å². The number of benzene rings is 1. The van der Waals surface area contributed by atoms with Gasteiger partial charge in [-0.2, -0.15) is 18.2 Å². The number of hydrogen-bond acceptors (Lipinski definition) is 6. The lowest BCUT2D eigenvalue weighted by atomic mass is 9.97. The Morgan fingerprint density at radius 3 is 2.54 bits per heavy atom. The number of fused-ring (bicyclic) bond motifs is 3. The van der Waals surface area contributed by atoms with E-state index in [1.807, 2.05) is 30.1 Å². The van der Waals surface area contributed by atoms with Crippen LogP contribution in [-0.4, -0.2) is 43.6 Å². The second-order valence-corrected chi connectivity index (χ2v) is 10.2. The summed E-state index contributed by atoms with van der Waals surface area (Å²) in [5.74, 6) is 1.76. The second-order valence-electron chi connectivity index (χ2n) is 10.2. The topological polar surface area (TPSA) is 84.7 Å². The lowest BCUT2D eigenvalue weighted by Crippen LogP contribution is -2.35. The smallest absolute Gasteiger partial charge is 0.381 e. The fourth-order valence-corrected chi connectivity index (χ4v) is 5.38. The first-order valence-electron chi connectivity index (χ1n) is 12.6. The first kappa shape index (κ1) is 25.4. The monoisotopic (exact) mass is 516 g/mol. The molecule has 2 aromatic heterocycles. The van der Waals surface area contributed by atoms with Crippen LogP contribution < -0.4 is 5.32 Å². The van der Waals surface area contributed by atoms with Crippen molar-refractivity contribution >= 4 is 17.5 Å². The summed E-state index contributed by atoms with van der Waals surface area (Å²) in [6.45, 7) is 9.25. The Morgan fingerprint density at radius 1 is 1.14 bits per heavy atom. The van der Waals surface area contributed by atoms with Gasteiger partial charge in [0.2, 0.25) is 5.91 Å². The normalized spacial score (nSPS) is 17.5. The van der Waals surface area contributed by atoms with Crippen LogP contribution in [0.1, 0.15) is 79.3 Å². The largest absolute Gasteiger partial charge is 0.416 e. The van der Waals surface area contributed by atoms with Crippen molar-refractivity contribution in [2.45, 2.75) is 71.8 Å². The van der Waals surface area contributed by atoms with Crippen molar-refractivity contribution < 1.29 is 22.7 Å². The van der Waals surface area contributed by atoms with E-state index in [9.17, 15) is 18.0 Å². The molecule has 198 valence electrons. The van der Waals surface area contributed by atoms with E-state index in [2.05, 4.69) is 15.5 Å². The Kier molecular flexibility index (Phi) is 6.59. The zero-order valence-corrected chi connectivity index (χ0v) is 21.4. The van der Waals surface area contributed by atoms with Crippen LogP contribution in [0.4, 0.5) is 19.0 Å². The molecule has 2 aliphatic heterocycles. The molecule has 1 unspecified atom stereocenters. The van der Waals surface area contributed by atoms with Crippen molar-refractivity contribution in [1.82, 2.24) is 24.5 Å². The van der Waals surface area contributed by atoms with E-state index in [0.29, 0.717) is 56.3 Å². The van der Waals surface area contributed by atoms with E-state index in [1.54, 1.807) is 6.07 Å². The molecule has 1 saturated heterocycles. The lowest BCUT2D eigenvalue weighted by molar-refractivity contribution is -0.139. The molecule has 4 heterocycles. The van der Waals surface area contributed by atoms with Gasteiger partial charge in [0.25, 0.3) is 5.78 Å². The molecule has 0 bridgehead atoms. The number of amides is 1. The summed E-state index contributed by atoms with van der Waals surface area (Å²) >= 11 is 0. The van der Waals surface area contributed by atoms with Crippen molar-refractivity contribution in [3.05, 3.63) is 52.0 Å². The molecule has 1 N–H and O–H groups in total. The number of nitrogens with one attached hydrogen (secondary N) is 1. The van der Waals surface area contributed by atoms with Crippen molar-refractivity contribution in [3.63, 3.8) is 0 Å². The number of alkyl halides is 3. The zero-order valence-electron chi connectivity index (χ0n) is 21.4. The Morgan fingerprint density at radius 2 is 1.86 bits per heavy atom. The van der Waals surface area contributed by atoms with E-state index in [4.69, 9.17) is 9.72 Å². The molecule has 0 radical (unpaired) electrons. The quantitative estimate of drug-likeness (QED) is 0.513. The van der Waals surface area contributed by atoms with Gasteiger partial charge in [-0.15, -0.1) is 10.2 Å². The van der Waals surface area contributed by atoms with Gasteiger partial charge >= 0.3 is 6.18 Å². The fraction of sp³-hybridized carbons (Fsp3) is 0.538. The van der Waals surface area contributed by atoms with Gasteiger partial charge in [-0.1, -0.05) is 26.0 Å². The van der Waals surface area contributed by atoms with E-state index in [-0.39, 0.29) is 23.3 Å². The summed E-state index contributed by atoms with van der Waals surface area (Å²) in [5.41, 5.74) is 1.77. The number of nitrogens with zero attached hydrogens (tertiary/aromatic N) is 5. The van der Waals surface area contributed by atoms with Gasteiger partial charge in [-0.3, -0.25) is 9.20 Å². The highest BCUT2D eigenvalue weighted by Crippen LogP contribution is 2.37. The van der Waals surface area contributed by atoms with Gasteiger partial charge in [0.1, 0.15) is 11.6 Å². The van der Waals surface area contributed by atoms with Gasteiger partial charge in [0.15, 0.2) is 0 Å². The maximum Gasteiger partial charge on any atom is 0.416 e. The number of carbonyl (C=O) groups is 1. The molecule has 11 heteroatoms. The number of aromatic nitrogens is 4. The minimum atomic E-state index is -4.43. The number of ether oxygens (including phenoxy) is 1. The molecule has 1 aromatic carbocycles. The fourth-order valence-electron chi connectivity index (χ4n) is 5.38. The predicted molar refractivity (Wildman–Crippen MR) is 131 cm³/mol. The lowest BCUT2D eigenvalue weighted by Gasteiger charge is -2.26. The Bertz CT molecular complexity index is 1330. The standard InChI is InChI=1S/C26H31F3N6O2/c1-14(2)23-32-33-25-31-22(30-16(4)18-6-5-7-20(15(18)3)26(27,28)29)19-12-34(13-21(19)35(23)25)24(36)17-8-10-37-11-9-17/h5-7,14,16-17H,8-13H2,1-4H3,(H,30,31,33). The maximum atomic E-state index is 13.5. The van der Waals surface area contributed by atoms with Crippen molar-refractivity contribution in [1.29, 1.82) is 0 Å². The number of halogens is 3. The van der Waals surface area contributed by atoms with Crippen LogP contribution in [0.2, 0.25) is 0 Å². The minimum Gasteiger partial charge on any atom is -0.381 e. The molecular formula is C26H31F3N6O2. The summed E-state index contributed by atoms with van der Waals surface area (Å²) in [4.78, 5) is 19.9. The average Bonchev–Trinajstić information content (AvgIpc) is 3.48. The molecule has 1 atom stereocenters. The van der Waals surface area contributed by atoms with Crippen LogP contribution in [-0.2, 0) is 28.8 Å². The number of carbonyl (C=O) groups excluding carboxylic acids is 1. The molecular weight excluding hydrogens is 485 g/mol. The van der Waals surface area contributed by atoms with Gasteiger partial charge in [-0.25, -0.2) is 0 Å². The minimum absolute atomic E-state index is 0.0829. The Hall–Kier alpha value is -3.21. The van der Waals surface area contributed by atoms with Crippen LogP contribution in [0.5, 0.6) is 0 Å². The van der Waals surface area contributed by atoms with Gasteiger partial charge in [0.05, 0.1) is 30.4 Å². The molecule has 3 aromatic rings. The highest BCUT2D eigenvalue weighted by atomic mass is 19.4. The van der Waals surface area contributed by atoms with Crippen LogP contribution in [0.25, 0.3) is 5.78 Å². The van der Waals surface area contributed by atoms with E-state index >= 15 is 0 Å². The van der Waals surface area contributed by atoms with E-state index in [1.165, 1.54) is 13.0 Å². The first-order valence-corrected chi connectivity index (χ1v) is 12.6. The number of hydrogen-bond donors (Lipinski definition) is 1. The molecule has 0 saturated carbocycles. The second kappa shape index (κ2) is 9.59. The SMILES string of the molecule is Cc1c(C(C)Nc2nc3nnc(C(C)C)n3c3c2CN(C(=O)C2CCOCC2)C3)cccc1C(F)(F)F. The molecule has 0 spiro atoms. The summed E-state index contributed by atoms with van der Waals surface area (Å²) in [7, 11) is 0. The van der Waals surface area contributed by atoms with Crippen molar-refractivity contribution in [2.75, 3.05) is 18.5 Å². The Balaban J connectivity index is 1.52. The third-order valence-corrected chi connectivity index (χ3v) is 7.38. The van der Waals surface area contributed by atoms with Crippen LogP contribution in [0.3, 0.4) is 0 Å². The average molecular weight is 517 g/mol. The molecule has 0 aliphatic carbocycles. The molecule has 8 nitrogen and oxygen atoms in total. The highest BCUT2D eigenvalue weighted by molar-refractivity contribution is 5.80. The molecule has 1 fully saturated rings. The van der Waals surface area contributed by atoms with Gasteiger partial charge in [-0.05, 0) is 43.9 Å². The summed E-state index contributed by atoms with van der Waals surface area (Å²) in [5, 5.41) is 11.9. The first-order chi connectivity index (χ1) is 17.6. The molecule has 1 amide bonds. The highest BCUT2D eigenvalue weighted by Gasteiger charge is 2.36. The van der Waals surface area contributed by atoms with Crippen LogP contribution in [0, 0.1) is 12.8 Å². The van der Waals surface area contributed by atoms with Crippen LogP contribution in [0.15, 0.2) is 18.2 Å². The summed E-state index contributed by atoms with van der Waals surface area (Å²) < 4.78 is 47.9. The predicted octanol–water partition coefficient (Wildman–Crippen LogP) is 5.02. The molecule has 37 heavy (non-hydrogen) atoms. The van der Waals surface area contributed by atoms with Crippen LogP contribution >= 0.6 is 0 Å².